The first kappa shape index (κ1) is 23.8. The van der Waals surface area contributed by atoms with Gasteiger partial charge < -0.3 is 19.3 Å². The van der Waals surface area contributed by atoms with Crippen molar-refractivity contribution in [2.45, 2.75) is 57.4 Å². The maximum atomic E-state index is 13.0. The summed E-state index contributed by atoms with van der Waals surface area (Å²) in [5.41, 5.74) is 0.430. The Balaban J connectivity index is 1.39. The van der Waals surface area contributed by atoms with Crippen molar-refractivity contribution < 1.29 is 23.0 Å². The number of piperazine rings is 1. The third-order valence-corrected chi connectivity index (χ3v) is 6.51. The predicted molar refractivity (Wildman–Crippen MR) is 119 cm³/mol. The summed E-state index contributed by atoms with van der Waals surface area (Å²) in [5.74, 6) is 0.628. The molecule has 1 aliphatic heterocycles. The summed E-state index contributed by atoms with van der Waals surface area (Å²) < 4.78 is 35.7. The van der Waals surface area contributed by atoms with Crippen LogP contribution in [0.5, 0.6) is 5.75 Å². The minimum atomic E-state index is -2.93. The van der Waals surface area contributed by atoms with Crippen LogP contribution in [0.15, 0.2) is 36.8 Å². The van der Waals surface area contributed by atoms with Gasteiger partial charge in [0, 0.05) is 43.1 Å². The van der Waals surface area contributed by atoms with Crippen molar-refractivity contribution in [3.63, 3.8) is 0 Å². The van der Waals surface area contributed by atoms with Crippen molar-refractivity contribution in [1.82, 2.24) is 14.9 Å². The molecule has 0 radical (unpaired) electrons. The summed E-state index contributed by atoms with van der Waals surface area (Å²) in [7, 11) is 0. The number of nitrogens with zero attached hydrogens (tertiary/aromatic N) is 5. The Morgan fingerprint density at radius 1 is 1.24 bits per heavy atom. The van der Waals surface area contributed by atoms with E-state index in [1.165, 1.54) is 12.3 Å². The molecule has 1 saturated heterocycles. The fourth-order valence-corrected chi connectivity index (χ4v) is 4.72. The SMILES string of the molecule is CC1CN(C(=O)COC2(c3cncc(OC(F)F)c3)CCC2)CC(C)N1c1ccc(C#N)cn1. The molecule has 0 bridgehead atoms. The summed E-state index contributed by atoms with van der Waals surface area (Å²) in [4.78, 5) is 25.4. The molecule has 0 spiro atoms. The van der Waals surface area contributed by atoms with Crippen LogP contribution in [0.25, 0.3) is 0 Å². The highest BCUT2D eigenvalue weighted by Gasteiger charge is 2.42. The lowest BCUT2D eigenvalue weighted by molar-refractivity contribution is -0.154. The first-order valence-corrected chi connectivity index (χ1v) is 11.3. The van der Waals surface area contributed by atoms with Crippen molar-refractivity contribution in [2.24, 2.45) is 0 Å². The maximum absolute atomic E-state index is 13.0. The second-order valence-corrected chi connectivity index (χ2v) is 8.85. The number of anilines is 1. The van der Waals surface area contributed by atoms with Crippen molar-refractivity contribution in [2.75, 3.05) is 24.6 Å². The van der Waals surface area contributed by atoms with Gasteiger partial charge in [-0.3, -0.25) is 9.78 Å². The second-order valence-electron chi connectivity index (χ2n) is 8.85. The van der Waals surface area contributed by atoms with E-state index in [0.29, 0.717) is 37.1 Å². The molecule has 1 amide bonds. The van der Waals surface area contributed by atoms with Crippen LogP contribution < -0.4 is 9.64 Å². The predicted octanol–water partition coefficient (Wildman–Crippen LogP) is 3.47. The van der Waals surface area contributed by atoms with Crippen molar-refractivity contribution in [3.8, 4) is 11.8 Å². The zero-order valence-electron chi connectivity index (χ0n) is 19.2. The first-order chi connectivity index (χ1) is 16.3. The molecule has 8 nitrogen and oxygen atoms in total. The highest BCUT2D eigenvalue weighted by molar-refractivity contribution is 5.78. The van der Waals surface area contributed by atoms with Crippen LogP contribution in [0, 0.1) is 11.3 Å². The molecule has 2 fully saturated rings. The van der Waals surface area contributed by atoms with Gasteiger partial charge in [-0.25, -0.2) is 4.98 Å². The van der Waals surface area contributed by atoms with Crippen molar-refractivity contribution >= 4 is 11.7 Å². The summed E-state index contributed by atoms with van der Waals surface area (Å²) in [6.07, 6.45) is 6.65. The normalized spacial score (nSPS) is 21.6. The van der Waals surface area contributed by atoms with Gasteiger partial charge in [-0.15, -0.1) is 0 Å². The summed E-state index contributed by atoms with van der Waals surface area (Å²) in [6.45, 7) is 2.06. The quantitative estimate of drug-likeness (QED) is 0.611. The Labute approximate surface area is 197 Å². The van der Waals surface area contributed by atoms with E-state index in [-0.39, 0.29) is 30.3 Å². The standard InChI is InChI=1S/C24H27F2N5O3/c1-16-13-30(14-17(2)31(16)21-5-4-18(9-27)10-29-21)22(32)15-33-24(6-3-7-24)19-8-20(12-28-11-19)34-23(25)26/h4-5,8,10-12,16-17,23H,3,6-7,13-15H2,1-2H3. The third-order valence-electron chi connectivity index (χ3n) is 6.51. The molecule has 0 aromatic carbocycles. The summed E-state index contributed by atoms with van der Waals surface area (Å²) in [5, 5.41) is 8.99. The minimum absolute atomic E-state index is 0.0242. The molecule has 10 heteroatoms. The van der Waals surface area contributed by atoms with Crippen LogP contribution in [0.4, 0.5) is 14.6 Å². The van der Waals surface area contributed by atoms with Gasteiger partial charge in [0.25, 0.3) is 0 Å². The van der Waals surface area contributed by atoms with E-state index < -0.39 is 12.2 Å². The number of nitriles is 1. The van der Waals surface area contributed by atoms with Crippen LogP contribution in [-0.4, -0.2) is 59.2 Å². The van der Waals surface area contributed by atoms with Crippen LogP contribution in [0.1, 0.15) is 44.2 Å². The second kappa shape index (κ2) is 9.89. The van der Waals surface area contributed by atoms with Crippen molar-refractivity contribution in [1.29, 1.82) is 5.26 Å². The van der Waals surface area contributed by atoms with E-state index in [9.17, 15) is 13.6 Å². The van der Waals surface area contributed by atoms with Gasteiger partial charge >= 0.3 is 6.61 Å². The van der Waals surface area contributed by atoms with Crippen molar-refractivity contribution in [3.05, 3.63) is 47.9 Å². The van der Waals surface area contributed by atoms with Gasteiger partial charge in [0.15, 0.2) is 0 Å². The van der Waals surface area contributed by atoms with E-state index in [2.05, 4.69) is 25.7 Å². The lowest BCUT2D eigenvalue weighted by atomic mass is 9.75. The number of alkyl halides is 2. The molecule has 180 valence electrons. The zero-order valence-corrected chi connectivity index (χ0v) is 19.2. The molecule has 2 atom stereocenters. The number of ether oxygens (including phenoxy) is 2. The minimum Gasteiger partial charge on any atom is -0.433 e. The van der Waals surface area contributed by atoms with Gasteiger partial charge in [-0.2, -0.15) is 14.0 Å². The number of aromatic nitrogens is 2. The van der Waals surface area contributed by atoms with E-state index in [1.807, 2.05) is 19.9 Å². The number of halogens is 2. The molecule has 2 aliphatic rings. The van der Waals surface area contributed by atoms with Gasteiger partial charge in [0.05, 0.1) is 17.4 Å². The molecule has 34 heavy (non-hydrogen) atoms. The van der Waals surface area contributed by atoms with Gasteiger partial charge in [0.2, 0.25) is 5.91 Å². The highest BCUT2D eigenvalue weighted by Crippen LogP contribution is 2.45. The molecule has 4 rings (SSSR count). The Bertz CT molecular complexity index is 1040. The summed E-state index contributed by atoms with van der Waals surface area (Å²) >= 11 is 0. The molecule has 1 aliphatic carbocycles. The van der Waals surface area contributed by atoms with Gasteiger partial charge in [-0.1, -0.05) is 0 Å². The zero-order chi connectivity index (χ0) is 24.3. The third kappa shape index (κ3) is 4.94. The first-order valence-electron chi connectivity index (χ1n) is 11.3. The fourth-order valence-electron chi connectivity index (χ4n) is 4.72. The Morgan fingerprint density at radius 2 is 1.97 bits per heavy atom. The van der Waals surface area contributed by atoms with E-state index >= 15 is 0 Å². The Morgan fingerprint density at radius 3 is 2.53 bits per heavy atom. The topological polar surface area (TPSA) is 91.6 Å². The monoisotopic (exact) mass is 471 g/mol. The van der Waals surface area contributed by atoms with E-state index in [0.717, 1.165) is 12.2 Å². The number of rotatable bonds is 7. The van der Waals surface area contributed by atoms with E-state index in [4.69, 9.17) is 10.00 Å². The summed E-state index contributed by atoms with van der Waals surface area (Å²) in [6, 6.07) is 7.19. The Hall–Kier alpha value is -3.32. The van der Waals surface area contributed by atoms with Crippen LogP contribution in [0.2, 0.25) is 0 Å². The number of carbonyl (C=O) groups is 1. The number of carbonyl (C=O) groups excluding carboxylic acids is 1. The van der Waals surface area contributed by atoms with Crippen LogP contribution >= 0.6 is 0 Å². The molecule has 2 aromatic heterocycles. The van der Waals surface area contributed by atoms with Gasteiger partial charge in [0.1, 0.15) is 24.2 Å². The molecule has 0 N–H and O–H groups in total. The highest BCUT2D eigenvalue weighted by atomic mass is 19.3. The van der Waals surface area contributed by atoms with Gasteiger partial charge in [-0.05, 0) is 51.3 Å². The smallest absolute Gasteiger partial charge is 0.387 e. The molecule has 2 unspecified atom stereocenters. The molecular formula is C24H27F2N5O3. The molecule has 1 saturated carbocycles. The van der Waals surface area contributed by atoms with Crippen LogP contribution in [-0.2, 0) is 15.1 Å². The number of hydrogen-bond acceptors (Lipinski definition) is 7. The average Bonchev–Trinajstić information content (AvgIpc) is 2.78. The average molecular weight is 472 g/mol. The number of hydrogen-bond donors (Lipinski definition) is 0. The lowest BCUT2D eigenvalue weighted by Crippen LogP contribution is -2.59. The Kier molecular flexibility index (Phi) is 6.93. The largest absolute Gasteiger partial charge is 0.433 e. The maximum Gasteiger partial charge on any atom is 0.387 e. The molecular weight excluding hydrogens is 444 g/mol. The van der Waals surface area contributed by atoms with Crippen LogP contribution in [0.3, 0.4) is 0 Å². The number of pyridine rings is 2. The molecule has 2 aromatic rings. The van der Waals surface area contributed by atoms with E-state index in [1.54, 1.807) is 23.4 Å². The number of amides is 1. The fraction of sp³-hybridized carbons (Fsp3) is 0.500. The lowest BCUT2D eigenvalue weighted by Gasteiger charge is -2.46. The molecule has 3 heterocycles.